The molecule has 0 aliphatic carbocycles. The van der Waals surface area contributed by atoms with E-state index in [1.54, 1.807) is 19.2 Å². The lowest BCUT2D eigenvalue weighted by Gasteiger charge is -2.07. The Morgan fingerprint density at radius 1 is 1.13 bits per heavy atom. The summed E-state index contributed by atoms with van der Waals surface area (Å²) in [4.78, 5) is 19.3. The molecule has 23 heavy (non-hydrogen) atoms. The summed E-state index contributed by atoms with van der Waals surface area (Å²) in [6.45, 7) is 1.78. The maximum Gasteiger partial charge on any atom is 0.433 e. The van der Waals surface area contributed by atoms with Crippen LogP contribution in [-0.4, -0.2) is 24.9 Å². The lowest BCUT2D eigenvalue weighted by Crippen LogP contribution is -2.07. The standard InChI is InChI=1S/C14H9F3IN5/c1-7-4-9(8-2-3-10(19-5-8)14(15,16)17)22-13(21-7)12-20-6-11(18)23-12/h2-6H,1H3,(H,20,23). The lowest BCUT2D eigenvalue weighted by atomic mass is 10.1. The molecule has 0 bridgehead atoms. The molecule has 0 aliphatic rings. The van der Waals surface area contributed by atoms with Crippen LogP contribution >= 0.6 is 22.6 Å². The Labute approximate surface area is 142 Å². The summed E-state index contributed by atoms with van der Waals surface area (Å²) in [6, 6.07) is 3.96. The summed E-state index contributed by atoms with van der Waals surface area (Å²) in [6.07, 6.45) is -1.60. The van der Waals surface area contributed by atoms with Crippen molar-refractivity contribution in [1.82, 2.24) is 24.9 Å². The molecule has 3 aromatic rings. The number of alkyl halides is 3. The van der Waals surface area contributed by atoms with Gasteiger partial charge in [0.1, 0.15) is 9.39 Å². The van der Waals surface area contributed by atoms with Crippen molar-refractivity contribution in [3.8, 4) is 22.9 Å². The van der Waals surface area contributed by atoms with Crippen molar-refractivity contribution in [2.24, 2.45) is 0 Å². The first-order valence-corrected chi connectivity index (χ1v) is 7.51. The molecular weight excluding hydrogens is 422 g/mol. The molecule has 3 heterocycles. The van der Waals surface area contributed by atoms with E-state index in [4.69, 9.17) is 0 Å². The molecule has 0 radical (unpaired) electrons. The smallest absolute Gasteiger partial charge is 0.341 e. The molecule has 5 nitrogen and oxygen atoms in total. The molecule has 1 N–H and O–H groups in total. The Bertz CT molecular complexity index is 842. The first kappa shape index (κ1) is 15.8. The number of nitrogens with zero attached hydrogens (tertiary/aromatic N) is 4. The van der Waals surface area contributed by atoms with Crippen molar-refractivity contribution < 1.29 is 13.2 Å². The number of hydrogen-bond donors (Lipinski definition) is 1. The quantitative estimate of drug-likeness (QED) is 0.626. The van der Waals surface area contributed by atoms with Crippen LogP contribution in [0.25, 0.3) is 22.9 Å². The van der Waals surface area contributed by atoms with Gasteiger partial charge in [0.2, 0.25) is 0 Å². The van der Waals surface area contributed by atoms with Crippen molar-refractivity contribution in [2.75, 3.05) is 0 Å². The van der Waals surface area contributed by atoms with Crippen LogP contribution < -0.4 is 0 Å². The van der Waals surface area contributed by atoms with Gasteiger partial charge in [0.25, 0.3) is 0 Å². The predicted octanol–water partition coefficient (Wildman–Crippen LogP) is 3.86. The SMILES string of the molecule is Cc1cc(-c2ccc(C(F)(F)F)nc2)nc(-c2nc(I)c[nH]2)n1. The number of nitrogens with one attached hydrogen (secondary N) is 1. The Kier molecular flexibility index (Phi) is 4.04. The van der Waals surface area contributed by atoms with Crippen LogP contribution in [0.5, 0.6) is 0 Å². The minimum atomic E-state index is -4.46. The van der Waals surface area contributed by atoms with E-state index in [9.17, 15) is 13.2 Å². The van der Waals surface area contributed by atoms with E-state index in [1.807, 2.05) is 0 Å². The number of aromatic amines is 1. The Balaban J connectivity index is 2.01. The van der Waals surface area contributed by atoms with Crippen LogP contribution in [0.3, 0.4) is 0 Å². The van der Waals surface area contributed by atoms with Gasteiger partial charge >= 0.3 is 6.18 Å². The monoisotopic (exact) mass is 431 g/mol. The summed E-state index contributed by atoms with van der Waals surface area (Å²) in [5, 5.41) is 0. The molecule has 0 atom stereocenters. The fourth-order valence-electron chi connectivity index (χ4n) is 1.95. The molecule has 9 heteroatoms. The topological polar surface area (TPSA) is 67.3 Å². The van der Waals surface area contributed by atoms with Gasteiger partial charge in [-0.25, -0.2) is 15.0 Å². The number of H-pyrrole nitrogens is 1. The molecule has 118 valence electrons. The number of imidazole rings is 1. The minimum absolute atomic E-state index is 0.378. The van der Waals surface area contributed by atoms with E-state index < -0.39 is 11.9 Å². The van der Waals surface area contributed by atoms with Gasteiger partial charge in [-0.1, -0.05) is 0 Å². The van der Waals surface area contributed by atoms with E-state index in [0.717, 1.165) is 16.0 Å². The predicted molar refractivity (Wildman–Crippen MR) is 85.3 cm³/mol. The third kappa shape index (κ3) is 3.49. The molecular formula is C14H9F3IN5. The van der Waals surface area contributed by atoms with E-state index in [2.05, 4.69) is 47.5 Å². The van der Waals surface area contributed by atoms with Gasteiger partial charge in [-0.15, -0.1) is 0 Å². The Morgan fingerprint density at radius 3 is 2.48 bits per heavy atom. The van der Waals surface area contributed by atoms with Gasteiger partial charge in [-0.2, -0.15) is 13.2 Å². The minimum Gasteiger partial charge on any atom is -0.341 e. The number of rotatable bonds is 2. The highest BCUT2D eigenvalue weighted by Gasteiger charge is 2.32. The van der Waals surface area contributed by atoms with Crippen molar-refractivity contribution in [3.05, 3.63) is 45.7 Å². The molecule has 0 fully saturated rings. The van der Waals surface area contributed by atoms with E-state index in [-0.39, 0.29) is 0 Å². The first-order chi connectivity index (χ1) is 10.8. The zero-order valence-electron chi connectivity index (χ0n) is 11.7. The van der Waals surface area contributed by atoms with Crippen molar-refractivity contribution in [3.63, 3.8) is 0 Å². The zero-order valence-corrected chi connectivity index (χ0v) is 13.8. The molecule has 0 saturated heterocycles. The highest BCUT2D eigenvalue weighted by molar-refractivity contribution is 14.1. The molecule has 3 rings (SSSR count). The van der Waals surface area contributed by atoms with Gasteiger partial charge < -0.3 is 4.98 Å². The average Bonchev–Trinajstić information content (AvgIpc) is 2.92. The fourth-order valence-corrected chi connectivity index (χ4v) is 2.35. The zero-order chi connectivity index (χ0) is 16.6. The van der Waals surface area contributed by atoms with E-state index in [0.29, 0.717) is 28.6 Å². The van der Waals surface area contributed by atoms with E-state index >= 15 is 0 Å². The van der Waals surface area contributed by atoms with Crippen molar-refractivity contribution >= 4 is 22.6 Å². The molecule has 0 amide bonds. The van der Waals surface area contributed by atoms with E-state index in [1.165, 1.54) is 6.07 Å². The van der Waals surface area contributed by atoms with Gasteiger partial charge in [-0.3, -0.25) is 4.98 Å². The van der Waals surface area contributed by atoms with Crippen LogP contribution in [0.2, 0.25) is 0 Å². The summed E-state index contributed by atoms with van der Waals surface area (Å²) in [5.41, 5.74) is 0.704. The van der Waals surface area contributed by atoms with Gasteiger partial charge in [0.05, 0.1) is 5.69 Å². The molecule has 0 aromatic carbocycles. The second kappa shape index (κ2) is 5.87. The molecule has 0 unspecified atom stereocenters. The summed E-state index contributed by atoms with van der Waals surface area (Å²) in [7, 11) is 0. The lowest BCUT2D eigenvalue weighted by molar-refractivity contribution is -0.141. The second-order valence-corrected chi connectivity index (χ2v) is 5.83. The number of hydrogen-bond acceptors (Lipinski definition) is 4. The van der Waals surface area contributed by atoms with Crippen LogP contribution in [0.15, 0.2) is 30.6 Å². The number of halogens is 4. The normalized spacial score (nSPS) is 11.7. The van der Waals surface area contributed by atoms with Crippen LogP contribution in [0.4, 0.5) is 13.2 Å². The summed E-state index contributed by atoms with van der Waals surface area (Å²) in [5.74, 6) is 0.877. The summed E-state index contributed by atoms with van der Waals surface area (Å²) >= 11 is 2.05. The van der Waals surface area contributed by atoms with Gasteiger partial charge in [0.15, 0.2) is 11.6 Å². The van der Waals surface area contributed by atoms with Gasteiger partial charge in [0, 0.05) is 23.7 Å². The first-order valence-electron chi connectivity index (χ1n) is 6.43. The van der Waals surface area contributed by atoms with Crippen LogP contribution in [0, 0.1) is 10.6 Å². The molecule has 0 spiro atoms. The Hall–Kier alpha value is -2.04. The Morgan fingerprint density at radius 2 is 1.91 bits per heavy atom. The van der Waals surface area contributed by atoms with Crippen molar-refractivity contribution in [2.45, 2.75) is 13.1 Å². The largest absolute Gasteiger partial charge is 0.433 e. The fraction of sp³-hybridized carbons (Fsp3) is 0.143. The number of pyridine rings is 1. The summed E-state index contributed by atoms with van der Waals surface area (Å²) < 4.78 is 38.5. The van der Waals surface area contributed by atoms with Crippen molar-refractivity contribution in [1.29, 1.82) is 0 Å². The van der Waals surface area contributed by atoms with Crippen LogP contribution in [-0.2, 0) is 6.18 Å². The third-order valence-corrected chi connectivity index (χ3v) is 3.51. The van der Waals surface area contributed by atoms with Gasteiger partial charge in [-0.05, 0) is 47.7 Å². The number of aryl methyl sites for hydroxylation is 1. The average molecular weight is 431 g/mol. The second-order valence-electron chi connectivity index (χ2n) is 4.72. The highest BCUT2D eigenvalue weighted by atomic mass is 127. The van der Waals surface area contributed by atoms with Crippen LogP contribution in [0.1, 0.15) is 11.4 Å². The maximum absolute atomic E-state index is 12.6. The molecule has 0 saturated carbocycles. The highest BCUT2D eigenvalue weighted by Crippen LogP contribution is 2.29. The maximum atomic E-state index is 12.6. The molecule has 3 aromatic heterocycles. The number of aromatic nitrogens is 5. The third-order valence-electron chi connectivity index (χ3n) is 2.96. The molecule has 0 aliphatic heterocycles.